The van der Waals surface area contributed by atoms with Crippen LogP contribution in [0.3, 0.4) is 0 Å². The molecule has 0 bridgehead atoms. The Morgan fingerprint density at radius 1 is 1.08 bits per heavy atom. The highest BCUT2D eigenvalue weighted by molar-refractivity contribution is 5.55. The van der Waals surface area contributed by atoms with Gasteiger partial charge in [0.2, 0.25) is 0 Å². The van der Waals surface area contributed by atoms with Crippen molar-refractivity contribution in [3.05, 3.63) is 29.8 Å². The molecule has 1 unspecified atom stereocenters. The molecular weight excluding hydrogens is 300 g/mol. The van der Waals surface area contributed by atoms with E-state index in [1.165, 1.54) is 44.9 Å². The predicted molar refractivity (Wildman–Crippen MR) is 102 cm³/mol. The second-order valence-corrected chi connectivity index (χ2v) is 6.39. The molecule has 0 amide bonds. The molecule has 1 aromatic carbocycles. The first kappa shape index (κ1) is 20.6. The highest BCUT2D eigenvalue weighted by Crippen LogP contribution is 2.26. The lowest BCUT2D eigenvalue weighted by molar-refractivity contribution is 0.0800. The Kier molecular flexibility index (Phi) is 11.0. The van der Waals surface area contributed by atoms with Crippen LogP contribution in [0.25, 0.3) is 6.08 Å². The minimum absolute atomic E-state index is 0.161. The van der Waals surface area contributed by atoms with Crippen LogP contribution in [0.15, 0.2) is 24.3 Å². The molecule has 3 heteroatoms. The Labute approximate surface area is 147 Å². The average Bonchev–Trinajstić information content (AvgIpc) is 2.59. The lowest BCUT2D eigenvalue weighted by atomic mass is 10.1. The van der Waals surface area contributed by atoms with E-state index in [-0.39, 0.29) is 5.75 Å². The molecule has 1 rings (SSSR count). The summed E-state index contributed by atoms with van der Waals surface area (Å²) in [5.74, 6) is 0.652. The van der Waals surface area contributed by atoms with Gasteiger partial charge in [0.25, 0.3) is 0 Å². The monoisotopic (exact) mass is 334 g/mol. The molecule has 0 aliphatic carbocycles. The van der Waals surface area contributed by atoms with Crippen LogP contribution in [0.4, 0.5) is 0 Å². The zero-order valence-corrected chi connectivity index (χ0v) is 15.6. The summed E-state index contributed by atoms with van der Waals surface area (Å²) >= 11 is 0. The van der Waals surface area contributed by atoms with E-state index in [9.17, 15) is 5.11 Å². The summed E-state index contributed by atoms with van der Waals surface area (Å²) in [5.41, 5.74) is 0.994. The molecule has 0 heterocycles. The lowest BCUT2D eigenvalue weighted by Gasteiger charge is -2.11. The van der Waals surface area contributed by atoms with Crippen molar-refractivity contribution in [3.8, 4) is 11.5 Å². The van der Waals surface area contributed by atoms with Crippen LogP contribution in [0.2, 0.25) is 0 Å². The Hall–Kier alpha value is -1.48. The Morgan fingerprint density at radius 2 is 1.79 bits per heavy atom. The normalized spacial score (nSPS) is 12.6. The second-order valence-electron chi connectivity index (χ2n) is 6.39. The summed E-state index contributed by atoms with van der Waals surface area (Å²) in [5, 5.41) is 9.57. The van der Waals surface area contributed by atoms with E-state index in [1.54, 1.807) is 13.2 Å². The number of rotatable bonds is 13. The number of methoxy groups -OCH3 is 1. The maximum Gasteiger partial charge on any atom is 0.161 e. The van der Waals surface area contributed by atoms with Crippen molar-refractivity contribution in [3.63, 3.8) is 0 Å². The van der Waals surface area contributed by atoms with E-state index in [1.807, 2.05) is 24.3 Å². The van der Waals surface area contributed by atoms with E-state index < -0.39 is 0 Å². The third kappa shape index (κ3) is 8.97. The van der Waals surface area contributed by atoms with Gasteiger partial charge in [-0.1, -0.05) is 70.1 Å². The second kappa shape index (κ2) is 12.9. The highest BCUT2D eigenvalue weighted by atomic mass is 16.5. The van der Waals surface area contributed by atoms with Gasteiger partial charge in [0.1, 0.15) is 0 Å². The Bertz CT molecular complexity index is 468. The van der Waals surface area contributed by atoms with Crippen molar-refractivity contribution >= 4 is 6.08 Å². The standard InChI is InChI=1S/C21H34O3/c1-4-5-6-7-8-9-10-12-18(2)24-16-11-13-19-14-15-20(22)21(17-19)23-3/h11,13-15,17-18,22H,4-10,12,16H2,1-3H3. The first-order valence-corrected chi connectivity index (χ1v) is 9.32. The molecule has 1 atom stereocenters. The van der Waals surface area contributed by atoms with Crippen molar-refractivity contribution < 1.29 is 14.6 Å². The fraction of sp³-hybridized carbons (Fsp3) is 0.619. The Morgan fingerprint density at radius 3 is 2.50 bits per heavy atom. The minimum atomic E-state index is 0.161. The van der Waals surface area contributed by atoms with Gasteiger partial charge < -0.3 is 14.6 Å². The maximum atomic E-state index is 9.57. The molecule has 0 aliphatic rings. The van der Waals surface area contributed by atoms with E-state index in [2.05, 4.69) is 13.8 Å². The van der Waals surface area contributed by atoms with Gasteiger partial charge >= 0.3 is 0 Å². The van der Waals surface area contributed by atoms with Gasteiger partial charge in [-0.2, -0.15) is 0 Å². The number of unbranched alkanes of at least 4 members (excludes halogenated alkanes) is 6. The minimum Gasteiger partial charge on any atom is -0.504 e. The largest absolute Gasteiger partial charge is 0.504 e. The zero-order chi connectivity index (χ0) is 17.6. The molecule has 3 nitrogen and oxygen atoms in total. The lowest BCUT2D eigenvalue weighted by Crippen LogP contribution is -2.07. The predicted octanol–water partition coefficient (Wildman–Crippen LogP) is 5.96. The fourth-order valence-electron chi connectivity index (χ4n) is 2.67. The third-order valence-electron chi connectivity index (χ3n) is 4.21. The number of ether oxygens (including phenoxy) is 2. The molecule has 136 valence electrons. The smallest absolute Gasteiger partial charge is 0.161 e. The SMILES string of the molecule is CCCCCCCCCC(C)OCC=Cc1ccc(O)c(OC)c1. The van der Waals surface area contributed by atoms with E-state index in [0.29, 0.717) is 18.5 Å². The van der Waals surface area contributed by atoms with Crippen LogP contribution in [-0.2, 0) is 4.74 Å². The maximum absolute atomic E-state index is 9.57. The van der Waals surface area contributed by atoms with Crippen molar-refractivity contribution in [2.75, 3.05) is 13.7 Å². The number of hydrogen-bond acceptors (Lipinski definition) is 3. The first-order valence-electron chi connectivity index (χ1n) is 9.32. The molecule has 24 heavy (non-hydrogen) atoms. The van der Waals surface area contributed by atoms with Crippen molar-refractivity contribution in [2.45, 2.75) is 71.3 Å². The number of phenolic OH excluding ortho intramolecular Hbond substituents is 1. The van der Waals surface area contributed by atoms with Crippen LogP contribution >= 0.6 is 0 Å². The molecule has 0 aliphatic heterocycles. The summed E-state index contributed by atoms with van der Waals surface area (Å²) < 4.78 is 10.9. The van der Waals surface area contributed by atoms with Crippen LogP contribution in [0, 0.1) is 0 Å². The molecule has 0 fully saturated rings. The molecule has 0 saturated heterocycles. The van der Waals surface area contributed by atoms with E-state index in [0.717, 1.165) is 12.0 Å². The van der Waals surface area contributed by atoms with Gasteiger partial charge in [-0.25, -0.2) is 0 Å². The number of benzene rings is 1. The quantitative estimate of drug-likeness (QED) is 0.452. The summed E-state index contributed by atoms with van der Waals surface area (Å²) in [6, 6.07) is 5.31. The number of aromatic hydroxyl groups is 1. The van der Waals surface area contributed by atoms with Crippen molar-refractivity contribution in [1.82, 2.24) is 0 Å². The van der Waals surface area contributed by atoms with Gasteiger partial charge in [0.15, 0.2) is 11.5 Å². The topological polar surface area (TPSA) is 38.7 Å². The summed E-state index contributed by atoms with van der Waals surface area (Å²) in [4.78, 5) is 0. The zero-order valence-electron chi connectivity index (χ0n) is 15.6. The van der Waals surface area contributed by atoms with Gasteiger partial charge in [-0.3, -0.25) is 0 Å². The van der Waals surface area contributed by atoms with Gasteiger partial charge in [0, 0.05) is 0 Å². The van der Waals surface area contributed by atoms with Gasteiger partial charge in [0.05, 0.1) is 19.8 Å². The molecule has 1 N–H and O–H groups in total. The van der Waals surface area contributed by atoms with Crippen LogP contribution in [-0.4, -0.2) is 24.9 Å². The summed E-state index contributed by atoms with van der Waals surface area (Å²) in [7, 11) is 1.55. The van der Waals surface area contributed by atoms with Crippen LogP contribution in [0.1, 0.15) is 70.8 Å². The molecule has 0 spiro atoms. The summed E-state index contributed by atoms with van der Waals surface area (Å²) in [6.45, 7) is 5.01. The molecule has 1 aromatic rings. The summed E-state index contributed by atoms with van der Waals surface area (Å²) in [6.07, 6.45) is 14.8. The fourth-order valence-corrected chi connectivity index (χ4v) is 2.67. The molecule has 0 radical (unpaired) electrons. The van der Waals surface area contributed by atoms with Gasteiger partial charge in [-0.15, -0.1) is 0 Å². The number of phenols is 1. The van der Waals surface area contributed by atoms with Gasteiger partial charge in [-0.05, 0) is 31.0 Å². The first-order chi connectivity index (χ1) is 11.7. The average molecular weight is 335 g/mol. The molecule has 0 aromatic heterocycles. The van der Waals surface area contributed by atoms with E-state index >= 15 is 0 Å². The van der Waals surface area contributed by atoms with E-state index in [4.69, 9.17) is 9.47 Å². The van der Waals surface area contributed by atoms with Crippen LogP contribution in [0.5, 0.6) is 11.5 Å². The Balaban J connectivity index is 2.13. The molecular formula is C21H34O3. The third-order valence-corrected chi connectivity index (χ3v) is 4.21. The van der Waals surface area contributed by atoms with Crippen molar-refractivity contribution in [1.29, 1.82) is 0 Å². The molecule has 0 saturated carbocycles. The number of hydrogen-bond donors (Lipinski definition) is 1. The highest BCUT2D eigenvalue weighted by Gasteiger charge is 2.02. The van der Waals surface area contributed by atoms with Crippen molar-refractivity contribution in [2.24, 2.45) is 0 Å². The van der Waals surface area contributed by atoms with Crippen LogP contribution < -0.4 is 4.74 Å².